The Kier molecular flexibility index (Phi) is 4.73. The van der Waals surface area contributed by atoms with Gasteiger partial charge in [-0.3, -0.25) is 0 Å². The summed E-state index contributed by atoms with van der Waals surface area (Å²) in [6.45, 7) is 4.01. The maximum absolute atomic E-state index is 8.79. The number of hydrogen-bond acceptors (Lipinski definition) is 3. The molecule has 4 nitrogen and oxygen atoms in total. The highest BCUT2D eigenvalue weighted by Crippen LogP contribution is 2.25. The van der Waals surface area contributed by atoms with E-state index in [1.54, 1.807) is 25.3 Å². The van der Waals surface area contributed by atoms with Crippen LogP contribution < -0.4 is 15.4 Å². The highest BCUT2D eigenvalue weighted by molar-refractivity contribution is 7.80. The molecule has 0 aliphatic rings. The first kappa shape index (κ1) is 13.3. The van der Waals surface area contributed by atoms with Crippen LogP contribution in [0.4, 0.5) is 5.69 Å². The third-order valence-corrected chi connectivity index (χ3v) is 2.22. The van der Waals surface area contributed by atoms with E-state index in [-0.39, 0.29) is 6.04 Å². The van der Waals surface area contributed by atoms with Crippen LogP contribution in [-0.2, 0) is 0 Å². The summed E-state index contributed by atoms with van der Waals surface area (Å²) in [4.78, 5) is 0. The quantitative estimate of drug-likeness (QED) is 0.805. The first-order chi connectivity index (χ1) is 8.06. The van der Waals surface area contributed by atoms with Crippen LogP contribution in [-0.4, -0.2) is 18.3 Å². The van der Waals surface area contributed by atoms with E-state index in [0.29, 0.717) is 16.4 Å². The van der Waals surface area contributed by atoms with Crippen LogP contribution in [0.25, 0.3) is 0 Å². The van der Waals surface area contributed by atoms with Crippen LogP contribution in [0.2, 0.25) is 0 Å². The minimum Gasteiger partial charge on any atom is -0.495 e. The Hall–Kier alpha value is -1.80. The molecule has 5 heteroatoms. The molecule has 0 saturated heterocycles. The normalized spacial score (nSPS) is 9.59. The van der Waals surface area contributed by atoms with Gasteiger partial charge in [-0.05, 0) is 38.2 Å². The molecule has 0 radical (unpaired) electrons. The van der Waals surface area contributed by atoms with Gasteiger partial charge in [0.15, 0.2) is 5.11 Å². The zero-order valence-electron chi connectivity index (χ0n) is 10.1. The largest absolute Gasteiger partial charge is 0.495 e. The molecule has 0 saturated carbocycles. The van der Waals surface area contributed by atoms with Crippen molar-refractivity contribution in [3.63, 3.8) is 0 Å². The zero-order valence-corrected chi connectivity index (χ0v) is 10.9. The maximum atomic E-state index is 8.79. The molecule has 0 heterocycles. The average molecular weight is 249 g/mol. The number of rotatable bonds is 3. The second-order valence-corrected chi connectivity index (χ2v) is 4.19. The molecule has 0 spiro atoms. The minimum absolute atomic E-state index is 0.263. The Bertz CT molecular complexity index is 452. The Morgan fingerprint density at radius 3 is 2.71 bits per heavy atom. The minimum atomic E-state index is 0.263. The van der Waals surface area contributed by atoms with E-state index >= 15 is 0 Å². The van der Waals surface area contributed by atoms with Crippen molar-refractivity contribution in [2.75, 3.05) is 12.4 Å². The van der Waals surface area contributed by atoms with Crippen LogP contribution >= 0.6 is 12.2 Å². The summed E-state index contributed by atoms with van der Waals surface area (Å²) in [6, 6.07) is 7.47. The van der Waals surface area contributed by atoms with Gasteiger partial charge in [-0.25, -0.2) is 0 Å². The number of ether oxygens (including phenoxy) is 1. The molecule has 0 fully saturated rings. The van der Waals surface area contributed by atoms with Crippen molar-refractivity contribution in [2.45, 2.75) is 19.9 Å². The molecule has 0 aliphatic carbocycles. The molecule has 0 bridgehead atoms. The van der Waals surface area contributed by atoms with Crippen molar-refractivity contribution in [3.8, 4) is 11.8 Å². The van der Waals surface area contributed by atoms with E-state index in [4.69, 9.17) is 22.2 Å². The first-order valence-corrected chi connectivity index (χ1v) is 5.63. The van der Waals surface area contributed by atoms with Crippen molar-refractivity contribution in [1.29, 1.82) is 5.26 Å². The van der Waals surface area contributed by atoms with E-state index in [1.807, 2.05) is 13.8 Å². The van der Waals surface area contributed by atoms with E-state index in [1.165, 1.54) is 0 Å². The number of anilines is 1. The fourth-order valence-electron chi connectivity index (χ4n) is 1.28. The maximum Gasteiger partial charge on any atom is 0.171 e. The highest BCUT2D eigenvalue weighted by Gasteiger charge is 2.06. The molecule has 0 aliphatic heterocycles. The summed E-state index contributed by atoms with van der Waals surface area (Å²) in [6.07, 6.45) is 0. The van der Waals surface area contributed by atoms with Crippen molar-refractivity contribution in [3.05, 3.63) is 23.8 Å². The molecule has 0 unspecified atom stereocenters. The predicted octanol–water partition coefficient (Wildman–Crippen LogP) is 2.26. The first-order valence-electron chi connectivity index (χ1n) is 5.22. The summed E-state index contributed by atoms with van der Waals surface area (Å²) in [5.74, 6) is 0.594. The van der Waals surface area contributed by atoms with Crippen molar-refractivity contribution >= 4 is 23.0 Å². The average Bonchev–Trinajstić information content (AvgIpc) is 2.28. The van der Waals surface area contributed by atoms with Gasteiger partial charge < -0.3 is 15.4 Å². The van der Waals surface area contributed by atoms with E-state index in [9.17, 15) is 0 Å². The van der Waals surface area contributed by atoms with Gasteiger partial charge in [0.05, 0.1) is 24.4 Å². The monoisotopic (exact) mass is 249 g/mol. The number of nitrogens with one attached hydrogen (secondary N) is 2. The summed E-state index contributed by atoms with van der Waals surface area (Å²) < 4.78 is 5.19. The standard InChI is InChI=1S/C12H15N3OS/c1-8(2)14-12(17)15-10-5-4-9(7-13)6-11(10)16-3/h4-6,8H,1-3H3,(H2,14,15,17). The SMILES string of the molecule is COc1cc(C#N)ccc1NC(=S)NC(C)C. The Balaban J connectivity index is 2.84. The van der Waals surface area contributed by atoms with Crippen LogP contribution in [0.5, 0.6) is 5.75 Å². The van der Waals surface area contributed by atoms with Gasteiger partial charge in [0.2, 0.25) is 0 Å². The number of thiocarbonyl (C=S) groups is 1. The number of hydrogen-bond donors (Lipinski definition) is 2. The summed E-state index contributed by atoms with van der Waals surface area (Å²) in [5.41, 5.74) is 1.29. The van der Waals surface area contributed by atoms with Gasteiger partial charge in [0, 0.05) is 12.1 Å². The molecular weight excluding hydrogens is 234 g/mol. The molecule has 90 valence electrons. The van der Waals surface area contributed by atoms with E-state index in [2.05, 4.69) is 16.7 Å². The smallest absolute Gasteiger partial charge is 0.171 e. The molecule has 0 atom stereocenters. The number of benzene rings is 1. The number of nitriles is 1. The lowest BCUT2D eigenvalue weighted by Crippen LogP contribution is -2.34. The van der Waals surface area contributed by atoms with E-state index in [0.717, 1.165) is 5.69 Å². The lowest BCUT2D eigenvalue weighted by molar-refractivity contribution is 0.416. The number of methoxy groups -OCH3 is 1. The Morgan fingerprint density at radius 1 is 1.47 bits per heavy atom. The molecule has 17 heavy (non-hydrogen) atoms. The third-order valence-electron chi connectivity index (χ3n) is 2.00. The molecular formula is C12H15N3OS. The number of nitrogens with zero attached hydrogens (tertiary/aromatic N) is 1. The van der Waals surface area contributed by atoms with E-state index < -0.39 is 0 Å². The predicted molar refractivity (Wildman–Crippen MR) is 72.2 cm³/mol. The van der Waals surface area contributed by atoms with Crippen LogP contribution in [0.1, 0.15) is 19.4 Å². The van der Waals surface area contributed by atoms with Crippen molar-refractivity contribution in [1.82, 2.24) is 5.32 Å². The van der Waals surface area contributed by atoms with Gasteiger partial charge in [-0.15, -0.1) is 0 Å². The Labute approximate surface area is 107 Å². The third kappa shape index (κ3) is 3.93. The lowest BCUT2D eigenvalue weighted by atomic mass is 10.2. The zero-order chi connectivity index (χ0) is 12.8. The van der Waals surface area contributed by atoms with Gasteiger partial charge in [0.1, 0.15) is 5.75 Å². The van der Waals surface area contributed by atoms with Crippen molar-refractivity contribution < 1.29 is 4.74 Å². The highest BCUT2D eigenvalue weighted by atomic mass is 32.1. The van der Waals surface area contributed by atoms with Crippen LogP contribution in [0, 0.1) is 11.3 Å². The fraction of sp³-hybridized carbons (Fsp3) is 0.333. The van der Waals surface area contributed by atoms with Gasteiger partial charge >= 0.3 is 0 Å². The van der Waals surface area contributed by atoms with Crippen LogP contribution in [0.15, 0.2) is 18.2 Å². The van der Waals surface area contributed by atoms with Crippen molar-refractivity contribution in [2.24, 2.45) is 0 Å². The van der Waals surface area contributed by atoms with Gasteiger partial charge in [-0.2, -0.15) is 5.26 Å². The molecule has 1 rings (SSSR count). The Morgan fingerprint density at radius 2 is 2.18 bits per heavy atom. The molecule has 0 amide bonds. The molecule has 1 aromatic rings. The topological polar surface area (TPSA) is 57.1 Å². The van der Waals surface area contributed by atoms with Crippen LogP contribution in [0.3, 0.4) is 0 Å². The lowest BCUT2D eigenvalue weighted by Gasteiger charge is -2.15. The van der Waals surface area contributed by atoms with Gasteiger partial charge in [0.25, 0.3) is 0 Å². The second-order valence-electron chi connectivity index (χ2n) is 3.78. The summed E-state index contributed by atoms with van der Waals surface area (Å²) >= 11 is 5.14. The molecule has 1 aromatic carbocycles. The summed E-state index contributed by atoms with van der Waals surface area (Å²) in [7, 11) is 1.56. The molecule has 2 N–H and O–H groups in total. The fourth-order valence-corrected chi connectivity index (χ4v) is 1.63. The summed E-state index contributed by atoms with van der Waals surface area (Å²) in [5, 5.41) is 15.4. The van der Waals surface area contributed by atoms with Gasteiger partial charge in [-0.1, -0.05) is 0 Å². The molecule has 0 aromatic heterocycles. The second kappa shape index (κ2) is 6.06.